The molecule has 0 saturated heterocycles. The number of rotatable bonds is 5. The van der Waals surface area contributed by atoms with E-state index in [4.69, 9.17) is 10.00 Å². The van der Waals surface area contributed by atoms with Gasteiger partial charge in [-0.2, -0.15) is 5.26 Å². The minimum absolute atomic E-state index is 0.0129. The molecule has 84 valence electrons. The van der Waals surface area contributed by atoms with Gasteiger partial charge in [0, 0.05) is 18.4 Å². The number of Topliss-reactive ketones (excluding diaryl/α,β-unsaturated/α-hetero) is 1. The molecule has 0 aliphatic rings. The van der Waals surface area contributed by atoms with E-state index in [-0.39, 0.29) is 18.6 Å². The second kappa shape index (κ2) is 5.92. The van der Waals surface area contributed by atoms with E-state index in [1.165, 1.54) is 0 Å². The van der Waals surface area contributed by atoms with Crippen LogP contribution in [0.4, 0.5) is 0 Å². The van der Waals surface area contributed by atoms with E-state index < -0.39 is 0 Å². The Morgan fingerprint density at radius 1 is 1.50 bits per heavy atom. The van der Waals surface area contributed by atoms with Gasteiger partial charge in [-0.3, -0.25) is 4.79 Å². The Hall–Kier alpha value is -1.82. The minimum atomic E-state index is 0.0129. The van der Waals surface area contributed by atoms with Crippen LogP contribution in [0.5, 0.6) is 5.75 Å². The van der Waals surface area contributed by atoms with Crippen LogP contribution in [0.15, 0.2) is 18.2 Å². The number of hydrogen-bond acceptors (Lipinski definition) is 3. The lowest BCUT2D eigenvalue weighted by atomic mass is 10.0. The Morgan fingerprint density at radius 3 is 2.81 bits per heavy atom. The summed E-state index contributed by atoms with van der Waals surface area (Å²) in [5.41, 5.74) is 1.68. The number of ether oxygens (including phenoxy) is 1. The Balaban J connectivity index is 2.91. The Morgan fingerprint density at radius 2 is 2.25 bits per heavy atom. The maximum Gasteiger partial charge on any atom is 0.163 e. The molecule has 0 amide bonds. The molecule has 0 atom stereocenters. The van der Waals surface area contributed by atoms with Crippen molar-refractivity contribution in [2.45, 2.75) is 26.2 Å². The lowest BCUT2D eigenvalue weighted by Crippen LogP contribution is -2.00. The van der Waals surface area contributed by atoms with E-state index in [1.807, 2.05) is 19.1 Å². The number of nitrogens with zero attached hydrogens (tertiary/aromatic N) is 1. The van der Waals surface area contributed by atoms with Crippen molar-refractivity contribution in [3.63, 3.8) is 0 Å². The molecule has 0 heterocycles. The van der Waals surface area contributed by atoms with E-state index >= 15 is 0 Å². The predicted octanol–water partition coefficient (Wildman–Crippen LogP) is 2.74. The highest BCUT2D eigenvalue weighted by molar-refractivity contribution is 5.96. The van der Waals surface area contributed by atoms with Crippen LogP contribution in [0.1, 0.15) is 35.7 Å². The predicted molar refractivity (Wildman–Crippen MR) is 61.5 cm³/mol. The Kier molecular flexibility index (Phi) is 4.53. The molecule has 0 aliphatic carbocycles. The van der Waals surface area contributed by atoms with Gasteiger partial charge in [-0.05, 0) is 30.2 Å². The first kappa shape index (κ1) is 12.3. The van der Waals surface area contributed by atoms with Crippen molar-refractivity contribution in [3.8, 4) is 11.8 Å². The summed E-state index contributed by atoms with van der Waals surface area (Å²) in [6.45, 7) is 2.02. The Bertz CT molecular complexity index is 418. The van der Waals surface area contributed by atoms with Crippen LogP contribution in [0.2, 0.25) is 0 Å². The molecule has 0 aliphatic heterocycles. The number of carbonyl (C=O) groups is 1. The third-order valence-corrected chi connectivity index (χ3v) is 2.45. The van der Waals surface area contributed by atoms with Gasteiger partial charge in [0.15, 0.2) is 5.78 Å². The first-order valence-electron chi connectivity index (χ1n) is 5.30. The van der Waals surface area contributed by atoms with Gasteiger partial charge >= 0.3 is 0 Å². The monoisotopic (exact) mass is 217 g/mol. The maximum atomic E-state index is 11.7. The summed E-state index contributed by atoms with van der Waals surface area (Å²) in [4.78, 5) is 11.7. The lowest BCUT2D eigenvalue weighted by Gasteiger charge is -2.08. The van der Waals surface area contributed by atoms with Crippen LogP contribution in [-0.4, -0.2) is 12.9 Å². The molecule has 0 radical (unpaired) electrons. The van der Waals surface area contributed by atoms with E-state index in [0.717, 1.165) is 17.7 Å². The molecule has 0 spiro atoms. The van der Waals surface area contributed by atoms with Crippen LogP contribution in [0, 0.1) is 11.3 Å². The average Bonchev–Trinajstić information content (AvgIpc) is 2.34. The summed E-state index contributed by atoms with van der Waals surface area (Å²) in [7, 11) is 1.62. The number of methoxy groups -OCH3 is 1. The van der Waals surface area contributed by atoms with E-state index in [0.29, 0.717) is 5.56 Å². The van der Waals surface area contributed by atoms with Gasteiger partial charge in [0.2, 0.25) is 0 Å². The normalized spacial score (nSPS) is 9.56. The molecular formula is C13H15NO2. The third kappa shape index (κ3) is 2.83. The highest BCUT2D eigenvalue weighted by atomic mass is 16.5. The zero-order valence-electron chi connectivity index (χ0n) is 9.62. The molecule has 0 aromatic heterocycles. The fourth-order valence-corrected chi connectivity index (χ4v) is 1.54. The van der Waals surface area contributed by atoms with Crippen molar-refractivity contribution in [2.24, 2.45) is 0 Å². The maximum absolute atomic E-state index is 11.7. The van der Waals surface area contributed by atoms with Crippen LogP contribution in [0.3, 0.4) is 0 Å². The Labute approximate surface area is 95.7 Å². The van der Waals surface area contributed by atoms with Crippen molar-refractivity contribution in [2.75, 3.05) is 7.11 Å². The van der Waals surface area contributed by atoms with Crippen LogP contribution in [0.25, 0.3) is 0 Å². The average molecular weight is 217 g/mol. The second-order valence-electron chi connectivity index (χ2n) is 3.46. The van der Waals surface area contributed by atoms with Crippen molar-refractivity contribution < 1.29 is 9.53 Å². The lowest BCUT2D eigenvalue weighted by molar-refractivity contribution is 0.0984. The van der Waals surface area contributed by atoms with Crippen molar-refractivity contribution >= 4 is 5.78 Å². The molecule has 0 saturated carbocycles. The van der Waals surface area contributed by atoms with Crippen LogP contribution in [-0.2, 0) is 6.42 Å². The molecule has 1 aromatic carbocycles. The fraction of sp³-hybridized carbons (Fsp3) is 0.385. The first-order chi connectivity index (χ1) is 7.72. The van der Waals surface area contributed by atoms with Gasteiger partial charge in [0.25, 0.3) is 0 Å². The van der Waals surface area contributed by atoms with E-state index in [9.17, 15) is 4.79 Å². The summed E-state index contributed by atoms with van der Waals surface area (Å²) in [5, 5.41) is 8.42. The summed E-state index contributed by atoms with van der Waals surface area (Å²) in [6, 6.07) is 7.37. The molecule has 0 fully saturated rings. The molecule has 3 heteroatoms. The SMILES string of the molecule is CCc1cc(C(=O)CCC#N)ccc1OC. The first-order valence-corrected chi connectivity index (χ1v) is 5.30. The highest BCUT2D eigenvalue weighted by Crippen LogP contribution is 2.21. The smallest absolute Gasteiger partial charge is 0.163 e. The molecule has 1 rings (SSSR count). The highest BCUT2D eigenvalue weighted by Gasteiger charge is 2.08. The quantitative estimate of drug-likeness (QED) is 0.712. The molecular weight excluding hydrogens is 202 g/mol. The molecule has 0 unspecified atom stereocenters. The van der Waals surface area contributed by atoms with E-state index in [2.05, 4.69) is 0 Å². The zero-order valence-corrected chi connectivity index (χ0v) is 9.62. The standard InChI is InChI=1S/C13H15NO2/c1-3-10-9-11(6-7-13(10)16-2)12(15)5-4-8-14/h6-7,9H,3-5H2,1-2H3. The van der Waals surface area contributed by atoms with Crippen molar-refractivity contribution in [1.82, 2.24) is 0 Å². The summed E-state index contributed by atoms with van der Waals surface area (Å²) in [5.74, 6) is 0.818. The van der Waals surface area contributed by atoms with Gasteiger partial charge in [-0.1, -0.05) is 6.92 Å². The minimum Gasteiger partial charge on any atom is -0.496 e. The summed E-state index contributed by atoms with van der Waals surface area (Å²) < 4.78 is 5.19. The number of nitriles is 1. The summed E-state index contributed by atoms with van der Waals surface area (Å²) in [6.07, 6.45) is 1.38. The number of hydrogen-bond donors (Lipinski definition) is 0. The van der Waals surface area contributed by atoms with Gasteiger partial charge in [-0.25, -0.2) is 0 Å². The zero-order chi connectivity index (χ0) is 12.0. The largest absolute Gasteiger partial charge is 0.496 e. The molecule has 1 aromatic rings. The second-order valence-corrected chi connectivity index (χ2v) is 3.46. The number of carbonyl (C=O) groups excluding carboxylic acids is 1. The van der Waals surface area contributed by atoms with Gasteiger partial charge in [0.1, 0.15) is 5.75 Å². The number of ketones is 1. The van der Waals surface area contributed by atoms with Gasteiger partial charge < -0.3 is 4.74 Å². The molecule has 3 nitrogen and oxygen atoms in total. The molecule has 0 bridgehead atoms. The van der Waals surface area contributed by atoms with Crippen molar-refractivity contribution in [3.05, 3.63) is 29.3 Å². The van der Waals surface area contributed by atoms with Gasteiger partial charge in [-0.15, -0.1) is 0 Å². The number of aryl methyl sites for hydroxylation is 1. The summed E-state index contributed by atoms with van der Waals surface area (Å²) >= 11 is 0. The van der Waals surface area contributed by atoms with Crippen LogP contribution >= 0.6 is 0 Å². The molecule has 16 heavy (non-hydrogen) atoms. The fourth-order valence-electron chi connectivity index (χ4n) is 1.54. The number of benzene rings is 1. The topological polar surface area (TPSA) is 50.1 Å². The third-order valence-electron chi connectivity index (χ3n) is 2.45. The van der Waals surface area contributed by atoms with Crippen molar-refractivity contribution in [1.29, 1.82) is 5.26 Å². The van der Waals surface area contributed by atoms with E-state index in [1.54, 1.807) is 19.2 Å². The molecule has 0 N–H and O–H groups in total. The van der Waals surface area contributed by atoms with Crippen LogP contribution < -0.4 is 4.74 Å². The van der Waals surface area contributed by atoms with Gasteiger partial charge in [0.05, 0.1) is 13.2 Å².